The molecule has 0 aliphatic heterocycles. The van der Waals surface area contributed by atoms with E-state index in [1.807, 2.05) is 6.08 Å². The summed E-state index contributed by atoms with van der Waals surface area (Å²) in [6.07, 6.45) is 12.3. The average molecular weight is 321 g/mol. The summed E-state index contributed by atoms with van der Waals surface area (Å²) in [6, 6.07) is 0. The Labute approximate surface area is 105 Å². The molecule has 86 valence electrons. The predicted octanol–water partition coefficient (Wildman–Crippen LogP) is 4.60. The zero-order valence-corrected chi connectivity index (χ0v) is 13.7. The van der Waals surface area contributed by atoms with E-state index >= 15 is 0 Å². The van der Waals surface area contributed by atoms with E-state index in [0.717, 1.165) is 10.3 Å². The molecule has 0 heterocycles. The molecule has 0 nitrogen and oxygen atoms in total. The first-order valence-electron chi connectivity index (χ1n) is 6.13. The summed E-state index contributed by atoms with van der Waals surface area (Å²) in [5, 5.41) is 0. The van der Waals surface area contributed by atoms with Crippen molar-refractivity contribution in [2.45, 2.75) is 31.4 Å². The third kappa shape index (κ3) is 3.16. The zero-order valence-electron chi connectivity index (χ0n) is 10.9. The van der Waals surface area contributed by atoms with Gasteiger partial charge in [-0.3, -0.25) is 0 Å². The predicted molar refractivity (Wildman–Crippen MR) is 80.1 cm³/mol. The van der Waals surface area contributed by atoms with Crippen molar-refractivity contribution in [3.8, 4) is 0 Å². The second-order valence-electron chi connectivity index (χ2n) is 5.44. The third-order valence-corrected chi connectivity index (χ3v) is 13.7. The van der Waals surface area contributed by atoms with Crippen LogP contribution in [0, 0.1) is 0 Å². The zero-order chi connectivity index (χ0) is 12.2. The van der Waals surface area contributed by atoms with Crippen LogP contribution in [0.4, 0.5) is 0 Å². The molecule has 1 aliphatic rings. The molecule has 0 aromatic carbocycles. The van der Waals surface area contributed by atoms with Crippen molar-refractivity contribution in [1.29, 1.82) is 0 Å². The minimum absolute atomic E-state index is 0.651. The van der Waals surface area contributed by atoms with Crippen molar-refractivity contribution in [3.05, 3.63) is 49.0 Å². The van der Waals surface area contributed by atoms with E-state index < -0.39 is 18.4 Å². The van der Waals surface area contributed by atoms with Crippen LogP contribution >= 0.6 is 0 Å². The average Bonchev–Trinajstić information content (AvgIpc) is 2.66. The fourth-order valence-corrected chi connectivity index (χ4v) is 10.9. The summed E-state index contributed by atoms with van der Waals surface area (Å²) in [5.41, 5.74) is 1.64. The Kier molecular flexibility index (Phi) is 5.16. The van der Waals surface area contributed by atoms with Gasteiger partial charge in [0.15, 0.2) is 0 Å². The van der Waals surface area contributed by atoms with Crippen molar-refractivity contribution < 1.29 is 0 Å². The molecule has 0 saturated carbocycles. The van der Waals surface area contributed by atoms with Crippen LogP contribution in [0.2, 0.25) is 31.4 Å². The molecular weight excluding hydrogens is 298 g/mol. The molecule has 0 aromatic rings. The standard InChI is InChI=1S/C9H12B.C3H5.2CH3.Sn/c1-3-8-10(2)9-6-4-5-7-9;1-3-2;;;/h3-7H,1,8H2,2H3;3H,1-2H2;2*1H3;. The van der Waals surface area contributed by atoms with E-state index in [1.54, 1.807) is 5.47 Å². The second kappa shape index (κ2) is 5.95. The van der Waals surface area contributed by atoms with Gasteiger partial charge in [-0.1, -0.05) is 0 Å². The summed E-state index contributed by atoms with van der Waals surface area (Å²) in [4.78, 5) is 5.07. The quantitative estimate of drug-likeness (QED) is 0.496. The van der Waals surface area contributed by atoms with E-state index in [-0.39, 0.29) is 0 Å². The topological polar surface area (TPSA) is 0 Å². The SMILES string of the molecule is C=CCB(C)C1=CC=C[CH]1[Sn]([CH3])([CH3])[CH2]C=C. The van der Waals surface area contributed by atoms with Gasteiger partial charge in [0.25, 0.3) is 0 Å². The Morgan fingerprint density at radius 3 is 2.62 bits per heavy atom. The summed E-state index contributed by atoms with van der Waals surface area (Å²) in [7, 11) is 0. The molecule has 0 radical (unpaired) electrons. The van der Waals surface area contributed by atoms with Crippen molar-refractivity contribution >= 4 is 25.1 Å². The molecule has 1 atom stereocenters. The van der Waals surface area contributed by atoms with E-state index in [1.165, 1.54) is 4.44 Å². The minimum atomic E-state index is -2.00. The number of hydrogen-bond acceptors (Lipinski definition) is 0. The van der Waals surface area contributed by atoms with Crippen molar-refractivity contribution in [3.63, 3.8) is 0 Å². The van der Waals surface area contributed by atoms with Crippen LogP contribution < -0.4 is 0 Å². The Balaban J connectivity index is 2.81. The molecule has 0 saturated heterocycles. The fourth-order valence-electron chi connectivity index (χ4n) is 2.56. The molecule has 0 spiro atoms. The number of rotatable bonds is 6. The summed E-state index contributed by atoms with van der Waals surface area (Å²) < 4.78 is 2.03. The fraction of sp³-hybridized carbons (Fsp3) is 0.429. The molecule has 0 fully saturated rings. The Morgan fingerprint density at radius 2 is 2.06 bits per heavy atom. The van der Waals surface area contributed by atoms with Crippen LogP contribution in [-0.4, -0.2) is 25.1 Å². The van der Waals surface area contributed by atoms with Crippen LogP contribution in [-0.2, 0) is 0 Å². The first-order valence-corrected chi connectivity index (χ1v) is 15.5. The van der Waals surface area contributed by atoms with Gasteiger partial charge < -0.3 is 0 Å². The van der Waals surface area contributed by atoms with E-state index in [9.17, 15) is 0 Å². The van der Waals surface area contributed by atoms with E-state index in [4.69, 9.17) is 0 Å². The van der Waals surface area contributed by atoms with E-state index in [2.05, 4.69) is 54.2 Å². The number of hydrogen-bond donors (Lipinski definition) is 0. The first-order chi connectivity index (χ1) is 7.53. The Morgan fingerprint density at radius 1 is 1.38 bits per heavy atom. The van der Waals surface area contributed by atoms with Gasteiger partial charge >= 0.3 is 105 Å². The Bertz CT molecular complexity index is 326. The normalized spacial score (nSPS) is 19.4. The molecule has 0 aromatic heterocycles. The van der Waals surface area contributed by atoms with Gasteiger partial charge in [0, 0.05) is 0 Å². The molecule has 1 rings (SSSR count). The van der Waals surface area contributed by atoms with Crippen molar-refractivity contribution in [2.75, 3.05) is 0 Å². The van der Waals surface area contributed by atoms with Gasteiger partial charge in [0.2, 0.25) is 0 Å². The van der Waals surface area contributed by atoms with Gasteiger partial charge in [-0.15, -0.1) is 0 Å². The summed E-state index contributed by atoms with van der Waals surface area (Å²) >= 11 is -2.00. The van der Waals surface area contributed by atoms with Crippen LogP contribution in [0.3, 0.4) is 0 Å². The first kappa shape index (κ1) is 13.9. The van der Waals surface area contributed by atoms with Crippen LogP contribution in [0.25, 0.3) is 0 Å². The summed E-state index contributed by atoms with van der Waals surface area (Å²) in [5.74, 6) is 0. The Hall–Kier alpha value is -0.176. The molecular formula is C14H23BSn. The maximum absolute atomic E-state index is 3.92. The van der Waals surface area contributed by atoms with Crippen molar-refractivity contribution in [1.82, 2.24) is 0 Å². The van der Waals surface area contributed by atoms with E-state index in [0.29, 0.717) is 6.71 Å². The van der Waals surface area contributed by atoms with Crippen molar-refractivity contribution in [2.24, 2.45) is 0 Å². The van der Waals surface area contributed by atoms with Crippen LogP contribution in [0.1, 0.15) is 0 Å². The molecule has 0 bridgehead atoms. The van der Waals surface area contributed by atoms with Gasteiger partial charge in [-0.05, 0) is 0 Å². The second-order valence-corrected chi connectivity index (χ2v) is 19.7. The molecule has 1 unspecified atom stereocenters. The maximum atomic E-state index is 3.92. The molecule has 16 heavy (non-hydrogen) atoms. The van der Waals surface area contributed by atoms with Crippen LogP contribution in [0.5, 0.6) is 0 Å². The van der Waals surface area contributed by atoms with Gasteiger partial charge in [0.1, 0.15) is 0 Å². The number of allylic oxidation sites excluding steroid dienone is 6. The van der Waals surface area contributed by atoms with Gasteiger partial charge in [-0.25, -0.2) is 0 Å². The van der Waals surface area contributed by atoms with Gasteiger partial charge in [-0.2, -0.15) is 0 Å². The van der Waals surface area contributed by atoms with Gasteiger partial charge in [0.05, 0.1) is 0 Å². The third-order valence-electron chi connectivity index (χ3n) is 3.55. The molecule has 1 aliphatic carbocycles. The molecule has 0 N–H and O–H groups in total. The molecule has 0 amide bonds. The monoisotopic (exact) mass is 322 g/mol. The molecule has 2 heteroatoms. The summed E-state index contributed by atoms with van der Waals surface area (Å²) in [6.45, 7) is 10.7. The van der Waals surface area contributed by atoms with Crippen LogP contribution in [0.15, 0.2) is 49.0 Å².